The number of piperazine rings is 1. The molecule has 0 unspecified atom stereocenters. The third-order valence-corrected chi connectivity index (χ3v) is 5.32. The number of pyridine rings is 1. The third-order valence-electron chi connectivity index (χ3n) is 3.64. The summed E-state index contributed by atoms with van der Waals surface area (Å²) in [5.74, 6) is 0. The molecule has 2 fully saturated rings. The highest BCUT2D eigenvalue weighted by Gasteiger charge is 2.33. The average Bonchev–Trinajstić information content (AvgIpc) is 3.23. The zero-order valence-corrected chi connectivity index (χ0v) is 12.0. The van der Waals surface area contributed by atoms with E-state index in [4.69, 9.17) is 5.73 Å². The molecule has 0 atom stereocenters. The topological polar surface area (TPSA) is 91.6 Å². The highest BCUT2D eigenvalue weighted by Crippen LogP contribution is 2.24. The quantitative estimate of drug-likeness (QED) is 0.802. The lowest BCUT2D eigenvalue weighted by atomic mass is 10.2. The minimum absolute atomic E-state index is 0.147. The fourth-order valence-corrected chi connectivity index (χ4v) is 3.79. The summed E-state index contributed by atoms with van der Waals surface area (Å²) in [5.41, 5.74) is 7.45. The van der Waals surface area contributed by atoms with Gasteiger partial charge in [0.1, 0.15) is 0 Å². The van der Waals surface area contributed by atoms with Crippen LogP contribution in [0.3, 0.4) is 0 Å². The fraction of sp³-hybridized carbons (Fsp3) is 0.583. The van der Waals surface area contributed by atoms with Crippen LogP contribution in [0, 0.1) is 0 Å². The second-order valence-corrected chi connectivity index (χ2v) is 6.92. The second-order valence-electron chi connectivity index (χ2n) is 5.22. The number of nitrogens with zero attached hydrogens (tertiary/aromatic N) is 3. The summed E-state index contributed by atoms with van der Waals surface area (Å²) in [7, 11) is -3.32. The van der Waals surface area contributed by atoms with Crippen LogP contribution >= 0.6 is 0 Å². The molecule has 20 heavy (non-hydrogen) atoms. The number of nitrogens with one attached hydrogen (secondary N) is 1. The van der Waals surface area contributed by atoms with Crippen LogP contribution in [0.1, 0.15) is 12.8 Å². The Morgan fingerprint density at radius 2 is 1.95 bits per heavy atom. The standard InChI is InChI=1S/C12H19N5O2S/c13-11-9-14-4-3-12(11)16-5-7-17(8-6-16)20(18,19)15-10-1-2-10/h3-4,9-10,15H,1-2,5-8,13H2. The molecule has 0 bridgehead atoms. The van der Waals surface area contributed by atoms with Gasteiger partial charge in [0, 0.05) is 38.4 Å². The Balaban J connectivity index is 1.63. The molecule has 1 aliphatic carbocycles. The zero-order chi connectivity index (χ0) is 14.2. The fourth-order valence-electron chi connectivity index (χ4n) is 2.34. The van der Waals surface area contributed by atoms with Crippen LogP contribution in [-0.4, -0.2) is 49.9 Å². The Kier molecular flexibility index (Phi) is 3.53. The maximum Gasteiger partial charge on any atom is 0.279 e. The molecular weight excluding hydrogens is 278 g/mol. The molecule has 3 N–H and O–H groups in total. The molecule has 2 heterocycles. The van der Waals surface area contributed by atoms with Gasteiger partial charge < -0.3 is 10.6 Å². The van der Waals surface area contributed by atoms with Gasteiger partial charge >= 0.3 is 0 Å². The van der Waals surface area contributed by atoms with Gasteiger partial charge in [-0.1, -0.05) is 0 Å². The minimum atomic E-state index is -3.32. The van der Waals surface area contributed by atoms with E-state index in [0.29, 0.717) is 31.9 Å². The molecule has 0 aromatic carbocycles. The van der Waals surface area contributed by atoms with Gasteiger partial charge in [0.25, 0.3) is 10.2 Å². The number of anilines is 2. The summed E-state index contributed by atoms with van der Waals surface area (Å²) in [6, 6.07) is 2.01. The van der Waals surface area contributed by atoms with E-state index in [2.05, 4.69) is 14.6 Å². The molecule has 1 saturated heterocycles. The molecular formula is C12H19N5O2S. The monoisotopic (exact) mass is 297 g/mol. The van der Waals surface area contributed by atoms with Crippen molar-refractivity contribution in [3.8, 4) is 0 Å². The van der Waals surface area contributed by atoms with Crippen LogP contribution < -0.4 is 15.4 Å². The van der Waals surface area contributed by atoms with Gasteiger partial charge in [-0.25, -0.2) is 0 Å². The van der Waals surface area contributed by atoms with E-state index in [1.54, 1.807) is 12.4 Å². The van der Waals surface area contributed by atoms with E-state index in [9.17, 15) is 8.42 Å². The summed E-state index contributed by atoms with van der Waals surface area (Å²) in [4.78, 5) is 6.06. The first-order valence-electron chi connectivity index (χ1n) is 6.78. The second kappa shape index (κ2) is 5.19. The first kappa shape index (κ1) is 13.6. The Morgan fingerprint density at radius 1 is 1.25 bits per heavy atom. The van der Waals surface area contributed by atoms with Crippen molar-refractivity contribution in [3.05, 3.63) is 18.5 Å². The molecule has 1 aromatic rings. The van der Waals surface area contributed by atoms with Gasteiger partial charge in [-0.3, -0.25) is 4.98 Å². The Hall–Kier alpha value is -1.38. The van der Waals surface area contributed by atoms with Gasteiger partial charge in [-0.2, -0.15) is 17.4 Å². The van der Waals surface area contributed by atoms with Crippen molar-refractivity contribution in [2.75, 3.05) is 36.8 Å². The van der Waals surface area contributed by atoms with Crippen LogP contribution in [0.2, 0.25) is 0 Å². The van der Waals surface area contributed by atoms with Gasteiger partial charge in [0.05, 0.1) is 17.6 Å². The highest BCUT2D eigenvalue weighted by molar-refractivity contribution is 7.87. The molecule has 1 aliphatic heterocycles. The maximum absolute atomic E-state index is 12.1. The van der Waals surface area contributed by atoms with E-state index in [0.717, 1.165) is 18.5 Å². The predicted molar refractivity (Wildman–Crippen MR) is 77.5 cm³/mol. The largest absolute Gasteiger partial charge is 0.396 e. The van der Waals surface area contributed by atoms with Crippen LogP contribution in [0.4, 0.5) is 11.4 Å². The lowest BCUT2D eigenvalue weighted by Crippen LogP contribution is -2.52. The Morgan fingerprint density at radius 3 is 2.55 bits per heavy atom. The van der Waals surface area contributed by atoms with Crippen molar-refractivity contribution in [1.29, 1.82) is 0 Å². The van der Waals surface area contributed by atoms with Crippen molar-refractivity contribution >= 4 is 21.6 Å². The van der Waals surface area contributed by atoms with Gasteiger partial charge in [-0.05, 0) is 18.9 Å². The lowest BCUT2D eigenvalue weighted by Gasteiger charge is -2.35. The molecule has 1 saturated carbocycles. The predicted octanol–water partition coefficient (Wildman–Crippen LogP) is -0.217. The van der Waals surface area contributed by atoms with Crippen LogP contribution in [-0.2, 0) is 10.2 Å². The van der Waals surface area contributed by atoms with Gasteiger partial charge in [-0.15, -0.1) is 0 Å². The van der Waals surface area contributed by atoms with Crippen LogP contribution in [0.15, 0.2) is 18.5 Å². The maximum atomic E-state index is 12.1. The number of nitrogen functional groups attached to an aromatic ring is 1. The smallest absolute Gasteiger partial charge is 0.279 e. The third kappa shape index (κ3) is 2.87. The SMILES string of the molecule is Nc1cnccc1N1CCN(S(=O)(=O)NC2CC2)CC1. The summed E-state index contributed by atoms with van der Waals surface area (Å²) >= 11 is 0. The van der Waals surface area contributed by atoms with E-state index in [1.165, 1.54) is 4.31 Å². The molecule has 110 valence electrons. The van der Waals surface area contributed by atoms with Crippen molar-refractivity contribution in [2.24, 2.45) is 0 Å². The highest BCUT2D eigenvalue weighted by atomic mass is 32.2. The molecule has 0 amide bonds. The normalized spacial score (nSPS) is 21.1. The number of hydrogen-bond acceptors (Lipinski definition) is 5. The summed E-state index contributed by atoms with van der Waals surface area (Å²) in [6.45, 7) is 2.23. The Labute approximate surface area is 118 Å². The molecule has 3 rings (SSSR count). The van der Waals surface area contributed by atoms with Gasteiger partial charge in [0.2, 0.25) is 0 Å². The van der Waals surface area contributed by atoms with Crippen molar-refractivity contribution < 1.29 is 8.42 Å². The number of aromatic nitrogens is 1. The minimum Gasteiger partial charge on any atom is -0.396 e. The van der Waals surface area contributed by atoms with Crippen molar-refractivity contribution in [2.45, 2.75) is 18.9 Å². The van der Waals surface area contributed by atoms with Crippen molar-refractivity contribution in [3.63, 3.8) is 0 Å². The lowest BCUT2D eigenvalue weighted by molar-refractivity contribution is 0.378. The van der Waals surface area contributed by atoms with E-state index in [-0.39, 0.29) is 6.04 Å². The number of rotatable bonds is 4. The Bertz CT molecular complexity index is 579. The first-order valence-corrected chi connectivity index (χ1v) is 8.22. The molecule has 0 radical (unpaired) electrons. The molecule has 2 aliphatic rings. The molecule has 8 heteroatoms. The van der Waals surface area contributed by atoms with E-state index < -0.39 is 10.2 Å². The van der Waals surface area contributed by atoms with E-state index >= 15 is 0 Å². The van der Waals surface area contributed by atoms with Crippen LogP contribution in [0.5, 0.6) is 0 Å². The summed E-state index contributed by atoms with van der Waals surface area (Å²) < 4.78 is 28.4. The zero-order valence-electron chi connectivity index (χ0n) is 11.2. The molecule has 7 nitrogen and oxygen atoms in total. The average molecular weight is 297 g/mol. The molecule has 1 aromatic heterocycles. The first-order chi connectivity index (χ1) is 9.56. The summed E-state index contributed by atoms with van der Waals surface area (Å²) in [5, 5.41) is 0. The number of hydrogen-bond donors (Lipinski definition) is 2. The summed E-state index contributed by atoms with van der Waals surface area (Å²) in [6.07, 6.45) is 5.22. The van der Waals surface area contributed by atoms with E-state index in [1.807, 2.05) is 6.07 Å². The van der Waals surface area contributed by atoms with Crippen LogP contribution in [0.25, 0.3) is 0 Å². The molecule has 0 spiro atoms. The van der Waals surface area contributed by atoms with Crippen molar-refractivity contribution in [1.82, 2.24) is 14.0 Å². The van der Waals surface area contributed by atoms with Gasteiger partial charge in [0.15, 0.2) is 0 Å². The number of nitrogens with two attached hydrogens (primary N) is 1.